The van der Waals surface area contributed by atoms with Gasteiger partial charge in [0.25, 0.3) is 0 Å². The van der Waals surface area contributed by atoms with Gasteiger partial charge in [0.05, 0.1) is 0 Å². The van der Waals surface area contributed by atoms with E-state index >= 15 is 0 Å². The van der Waals surface area contributed by atoms with Crippen LogP contribution >= 0.6 is 0 Å². The summed E-state index contributed by atoms with van der Waals surface area (Å²) in [6.45, 7) is 0. The van der Waals surface area contributed by atoms with Gasteiger partial charge in [-0.25, -0.2) is 4.79 Å². The molecule has 0 spiro atoms. The summed E-state index contributed by atoms with van der Waals surface area (Å²) in [6.07, 6.45) is 0.589. The fourth-order valence-electron chi connectivity index (χ4n) is 1.27. The van der Waals surface area contributed by atoms with Gasteiger partial charge in [-0.3, -0.25) is 0 Å². The molecule has 0 aliphatic heterocycles. The van der Waals surface area contributed by atoms with Crippen molar-refractivity contribution in [3.05, 3.63) is 35.9 Å². The molecule has 1 aromatic carbocycles. The van der Waals surface area contributed by atoms with Crippen molar-refractivity contribution < 1.29 is 15.0 Å². The van der Waals surface area contributed by atoms with Gasteiger partial charge in [0.15, 0.2) is 6.10 Å². The van der Waals surface area contributed by atoms with Crippen LogP contribution in [-0.4, -0.2) is 22.3 Å². The quantitative estimate of drug-likeness (QED) is 0.746. The first-order chi connectivity index (χ1) is 6.70. The van der Waals surface area contributed by atoms with Crippen LogP contribution in [0.2, 0.25) is 0 Å². The molecule has 3 nitrogen and oxygen atoms in total. The van der Waals surface area contributed by atoms with Crippen molar-refractivity contribution in [3.63, 3.8) is 0 Å². The second-order valence-electron chi connectivity index (χ2n) is 3.23. The molecule has 0 saturated carbocycles. The van der Waals surface area contributed by atoms with Gasteiger partial charge in [-0.2, -0.15) is 0 Å². The summed E-state index contributed by atoms with van der Waals surface area (Å²) in [5.74, 6) is -1.14. The minimum absolute atomic E-state index is 0.310. The van der Waals surface area contributed by atoms with E-state index in [1.54, 1.807) is 0 Å². The normalized spacial score (nSPS) is 12.4. The number of aliphatic carboxylic acids is 1. The Morgan fingerprint density at radius 1 is 1.29 bits per heavy atom. The minimum atomic E-state index is -1.22. The number of benzene rings is 1. The third-order valence-electron chi connectivity index (χ3n) is 2.07. The molecule has 0 amide bonds. The summed E-state index contributed by atoms with van der Waals surface area (Å²) < 4.78 is 0. The smallest absolute Gasteiger partial charge is 0.332 e. The summed E-state index contributed by atoms with van der Waals surface area (Å²) >= 11 is 0. The molecule has 0 radical (unpaired) electrons. The van der Waals surface area contributed by atoms with E-state index in [9.17, 15) is 4.79 Å². The summed E-state index contributed by atoms with van der Waals surface area (Å²) in [7, 11) is 0. The lowest BCUT2D eigenvalue weighted by Gasteiger charge is -2.04. The third-order valence-corrected chi connectivity index (χ3v) is 2.07. The monoisotopic (exact) mass is 194 g/mol. The Hall–Kier alpha value is -1.35. The van der Waals surface area contributed by atoms with Gasteiger partial charge in [-0.1, -0.05) is 30.3 Å². The molecular weight excluding hydrogens is 180 g/mol. The first-order valence-corrected chi connectivity index (χ1v) is 4.65. The van der Waals surface area contributed by atoms with Crippen LogP contribution in [0.1, 0.15) is 18.4 Å². The largest absolute Gasteiger partial charge is 0.479 e. The van der Waals surface area contributed by atoms with Gasteiger partial charge in [-0.05, 0) is 24.8 Å². The van der Waals surface area contributed by atoms with E-state index in [0.29, 0.717) is 12.8 Å². The van der Waals surface area contributed by atoms with E-state index in [1.165, 1.54) is 5.56 Å². The first kappa shape index (κ1) is 10.7. The Balaban J connectivity index is 2.26. The maximum Gasteiger partial charge on any atom is 0.332 e. The second-order valence-corrected chi connectivity index (χ2v) is 3.23. The molecule has 1 rings (SSSR count). The van der Waals surface area contributed by atoms with Crippen molar-refractivity contribution in [1.82, 2.24) is 0 Å². The van der Waals surface area contributed by atoms with Crippen LogP contribution in [0, 0.1) is 0 Å². The Bertz CT molecular complexity index is 282. The zero-order valence-corrected chi connectivity index (χ0v) is 7.89. The van der Waals surface area contributed by atoms with Gasteiger partial charge in [-0.15, -0.1) is 0 Å². The predicted molar refractivity (Wildman–Crippen MR) is 53.0 cm³/mol. The van der Waals surface area contributed by atoms with Crippen molar-refractivity contribution in [2.75, 3.05) is 0 Å². The van der Waals surface area contributed by atoms with Gasteiger partial charge < -0.3 is 10.2 Å². The van der Waals surface area contributed by atoms with Crippen LogP contribution in [-0.2, 0) is 11.2 Å². The molecule has 3 heteroatoms. The van der Waals surface area contributed by atoms with E-state index in [2.05, 4.69) is 0 Å². The molecule has 76 valence electrons. The van der Waals surface area contributed by atoms with Crippen molar-refractivity contribution in [2.24, 2.45) is 0 Å². The molecule has 0 aliphatic carbocycles. The predicted octanol–water partition coefficient (Wildman–Crippen LogP) is 1.45. The number of aliphatic hydroxyl groups is 1. The minimum Gasteiger partial charge on any atom is -0.479 e. The van der Waals surface area contributed by atoms with Crippen molar-refractivity contribution >= 4 is 5.97 Å². The lowest BCUT2D eigenvalue weighted by atomic mass is 10.1. The molecule has 0 aromatic heterocycles. The summed E-state index contributed by atoms with van der Waals surface area (Å²) in [5.41, 5.74) is 1.17. The maximum atomic E-state index is 10.3. The second kappa shape index (κ2) is 5.40. The molecule has 1 unspecified atom stereocenters. The van der Waals surface area contributed by atoms with Crippen molar-refractivity contribution in [3.8, 4) is 0 Å². The Morgan fingerprint density at radius 3 is 2.50 bits per heavy atom. The van der Waals surface area contributed by atoms with Crippen LogP contribution < -0.4 is 0 Å². The number of hydrogen-bond acceptors (Lipinski definition) is 2. The number of aryl methyl sites for hydroxylation is 1. The number of aliphatic hydroxyl groups excluding tert-OH is 1. The van der Waals surface area contributed by atoms with E-state index in [-0.39, 0.29) is 0 Å². The number of carbonyl (C=O) groups is 1. The Morgan fingerprint density at radius 2 is 1.93 bits per heavy atom. The average molecular weight is 194 g/mol. The van der Waals surface area contributed by atoms with Crippen LogP contribution in [0.5, 0.6) is 0 Å². The maximum absolute atomic E-state index is 10.3. The highest BCUT2D eigenvalue weighted by atomic mass is 16.4. The molecule has 14 heavy (non-hydrogen) atoms. The van der Waals surface area contributed by atoms with E-state index < -0.39 is 12.1 Å². The molecule has 0 fully saturated rings. The third kappa shape index (κ3) is 3.58. The number of carboxylic acids is 1. The van der Waals surface area contributed by atoms with E-state index in [4.69, 9.17) is 10.2 Å². The molecule has 2 N–H and O–H groups in total. The van der Waals surface area contributed by atoms with Gasteiger partial charge in [0, 0.05) is 0 Å². The molecule has 0 saturated heterocycles. The molecule has 0 heterocycles. The fourth-order valence-corrected chi connectivity index (χ4v) is 1.27. The van der Waals surface area contributed by atoms with Crippen LogP contribution in [0.15, 0.2) is 30.3 Å². The van der Waals surface area contributed by atoms with Gasteiger partial charge >= 0.3 is 5.97 Å². The lowest BCUT2D eigenvalue weighted by Crippen LogP contribution is -2.19. The molecule has 1 aromatic rings. The van der Waals surface area contributed by atoms with Crippen LogP contribution in [0.4, 0.5) is 0 Å². The Kier molecular flexibility index (Phi) is 4.13. The fraction of sp³-hybridized carbons (Fsp3) is 0.364. The number of hydrogen-bond donors (Lipinski definition) is 2. The van der Waals surface area contributed by atoms with Crippen LogP contribution in [0.3, 0.4) is 0 Å². The topological polar surface area (TPSA) is 57.5 Å². The standard InChI is InChI=1S/C11H14O3/c12-10(11(13)14)8-4-7-9-5-2-1-3-6-9/h1-3,5-6,10,12H,4,7-8H2,(H,13,14). The van der Waals surface area contributed by atoms with Crippen LogP contribution in [0.25, 0.3) is 0 Å². The highest BCUT2D eigenvalue weighted by Crippen LogP contribution is 2.06. The van der Waals surface area contributed by atoms with Crippen molar-refractivity contribution in [2.45, 2.75) is 25.4 Å². The number of carboxylic acid groups (broad SMARTS) is 1. The van der Waals surface area contributed by atoms with E-state index in [1.807, 2.05) is 30.3 Å². The summed E-state index contributed by atoms with van der Waals surface area (Å²) in [5, 5.41) is 17.4. The summed E-state index contributed by atoms with van der Waals surface area (Å²) in [6, 6.07) is 9.82. The lowest BCUT2D eigenvalue weighted by molar-refractivity contribution is -0.146. The highest BCUT2D eigenvalue weighted by molar-refractivity contribution is 5.71. The summed E-state index contributed by atoms with van der Waals surface area (Å²) in [4.78, 5) is 10.3. The molecule has 1 atom stereocenters. The van der Waals surface area contributed by atoms with Gasteiger partial charge in [0.1, 0.15) is 0 Å². The zero-order chi connectivity index (χ0) is 10.4. The van der Waals surface area contributed by atoms with E-state index in [0.717, 1.165) is 6.42 Å². The van der Waals surface area contributed by atoms with Gasteiger partial charge in [0.2, 0.25) is 0 Å². The average Bonchev–Trinajstić information content (AvgIpc) is 2.19. The molecular formula is C11H14O3. The SMILES string of the molecule is O=C(O)C(O)CCCc1ccccc1. The zero-order valence-electron chi connectivity index (χ0n) is 7.89. The van der Waals surface area contributed by atoms with Crippen molar-refractivity contribution in [1.29, 1.82) is 0 Å². The Labute approximate surface area is 83.0 Å². The first-order valence-electron chi connectivity index (χ1n) is 4.65. The molecule has 0 aliphatic rings. The molecule has 0 bridgehead atoms. The number of rotatable bonds is 5. The highest BCUT2D eigenvalue weighted by Gasteiger charge is 2.11.